The summed E-state index contributed by atoms with van der Waals surface area (Å²) in [6, 6.07) is 4.07. The minimum atomic E-state index is -0.147. The second-order valence-electron chi connectivity index (χ2n) is 5.35. The number of nitrogens with zero attached hydrogens (tertiary/aromatic N) is 2. The van der Waals surface area contributed by atoms with Gasteiger partial charge in [-0.25, -0.2) is 4.98 Å². The van der Waals surface area contributed by atoms with E-state index in [1.807, 2.05) is 44.5 Å². The smallest absolute Gasteiger partial charge is 0.258 e. The van der Waals surface area contributed by atoms with E-state index in [4.69, 9.17) is 4.74 Å². The highest BCUT2D eigenvalue weighted by atomic mass is 16.5. The first-order chi connectivity index (χ1) is 10.5. The van der Waals surface area contributed by atoms with E-state index in [0.29, 0.717) is 6.54 Å². The van der Waals surface area contributed by atoms with Crippen LogP contribution in [0.4, 0.5) is 0 Å². The van der Waals surface area contributed by atoms with Crippen LogP contribution < -0.4 is 10.1 Å². The Labute approximate surface area is 131 Å². The average Bonchev–Trinajstić information content (AvgIpc) is 2.96. The molecular formula is C17H23N3O2. The number of rotatable bonds is 6. The molecule has 0 radical (unpaired) electrons. The molecule has 0 spiro atoms. The number of aromatic nitrogens is 2. The van der Waals surface area contributed by atoms with Gasteiger partial charge in [-0.3, -0.25) is 4.79 Å². The molecule has 0 aliphatic carbocycles. The van der Waals surface area contributed by atoms with E-state index in [-0.39, 0.29) is 12.5 Å². The maximum atomic E-state index is 11.9. The Balaban J connectivity index is 1.90. The second kappa shape index (κ2) is 7.11. The SMILES string of the molecule is CCn1ccnc1CNC(=O)COc1c(C)ccc(C)c1C. The van der Waals surface area contributed by atoms with Gasteiger partial charge in [0.2, 0.25) is 0 Å². The van der Waals surface area contributed by atoms with Gasteiger partial charge >= 0.3 is 0 Å². The topological polar surface area (TPSA) is 56.2 Å². The number of amides is 1. The summed E-state index contributed by atoms with van der Waals surface area (Å²) in [5, 5.41) is 2.84. The zero-order chi connectivity index (χ0) is 16.1. The molecule has 2 rings (SSSR count). The molecule has 0 unspecified atom stereocenters. The highest BCUT2D eigenvalue weighted by molar-refractivity contribution is 5.77. The van der Waals surface area contributed by atoms with E-state index in [1.54, 1.807) is 6.20 Å². The van der Waals surface area contributed by atoms with E-state index in [1.165, 1.54) is 0 Å². The van der Waals surface area contributed by atoms with Gasteiger partial charge in [-0.15, -0.1) is 0 Å². The Morgan fingerprint density at radius 3 is 2.73 bits per heavy atom. The molecule has 0 fully saturated rings. The van der Waals surface area contributed by atoms with E-state index in [0.717, 1.165) is 34.8 Å². The van der Waals surface area contributed by atoms with Gasteiger partial charge in [0.05, 0.1) is 6.54 Å². The van der Waals surface area contributed by atoms with Crippen LogP contribution in [0.1, 0.15) is 29.4 Å². The Morgan fingerprint density at radius 1 is 1.27 bits per heavy atom. The Bertz CT molecular complexity index is 662. The van der Waals surface area contributed by atoms with Gasteiger partial charge in [0.1, 0.15) is 11.6 Å². The molecule has 0 aliphatic heterocycles. The third kappa shape index (κ3) is 3.67. The molecule has 0 saturated heterocycles. The summed E-state index contributed by atoms with van der Waals surface area (Å²) >= 11 is 0. The summed E-state index contributed by atoms with van der Waals surface area (Å²) in [5.41, 5.74) is 3.28. The number of nitrogens with one attached hydrogen (secondary N) is 1. The van der Waals surface area contributed by atoms with Gasteiger partial charge in [0, 0.05) is 18.9 Å². The summed E-state index contributed by atoms with van der Waals surface area (Å²) in [7, 11) is 0. The molecule has 0 saturated carbocycles. The van der Waals surface area contributed by atoms with Crippen LogP contribution >= 0.6 is 0 Å². The Morgan fingerprint density at radius 2 is 2.00 bits per heavy atom. The summed E-state index contributed by atoms with van der Waals surface area (Å²) in [6.07, 6.45) is 3.64. The molecule has 22 heavy (non-hydrogen) atoms. The molecule has 1 amide bonds. The van der Waals surface area contributed by atoms with E-state index < -0.39 is 0 Å². The molecule has 5 heteroatoms. The number of ether oxygens (including phenoxy) is 1. The number of carbonyl (C=O) groups excluding carboxylic acids is 1. The second-order valence-corrected chi connectivity index (χ2v) is 5.35. The molecule has 1 aromatic carbocycles. The molecule has 0 bridgehead atoms. The van der Waals surface area contributed by atoms with Gasteiger partial charge in [-0.2, -0.15) is 0 Å². The van der Waals surface area contributed by atoms with Crippen LogP contribution in [0.2, 0.25) is 0 Å². The van der Waals surface area contributed by atoms with Crippen molar-refractivity contribution in [3.8, 4) is 5.75 Å². The fourth-order valence-corrected chi connectivity index (χ4v) is 2.31. The average molecular weight is 301 g/mol. The van der Waals surface area contributed by atoms with E-state index >= 15 is 0 Å². The molecule has 1 aromatic heterocycles. The molecule has 1 heterocycles. The molecule has 1 N–H and O–H groups in total. The first-order valence-electron chi connectivity index (χ1n) is 7.49. The lowest BCUT2D eigenvalue weighted by molar-refractivity contribution is -0.123. The maximum Gasteiger partial charge on any atom is 0.258 e. The molecule has 118 valence electrons. The normalized spacial score (nSPS) is 10.5. The fraction of sp³-hybridized carbons (Fsp3) is 0.412. The quantitative estimate of drug-likeness (QED) is 0.892. The fourth-order valence-electron chi connectivity index (χ4n) is 2.31. The summed E-state index contributed by atoms with van der Waals surface area (Å²) in [5.74, 6) is 1.50. The van der Waals surface area contributed by atoms with Gasteiger partial charge in [-0.1, -0.05) is 12.1 Å². The van der Waals surface area contributed by atoms with Crippen LogP contribution in [0, 0.1) is 20.8 Å². The summed E-state index contributed by atoms with van der Waals surface area (Å²) in [6.45, 7) is 9.33. The minimum absolute atomic E-state index is 0.0119. The molecular weight excluding hydrogens is 278 g/mol. The van der Waals surface area contributed by atoms with Crippen molar-refractivity contribution in [3.05, 3.63) is 47.0 Å². The van der Waals surface area contributed by atoms with Crippen molar-refractivity contribution >= 4 is 5.91 Å². The van der Waals surface area contributed by atoms with Crippen LogP contribution in [0.5, 0.6) is 5.75 Å². The summed E-state index contributed by atoms with van der Waals surface area (Å²) in [4.78, 5) is 16.2. The minimum Gasteiger partial charge on any atom is -0.483 e. The monoisotopic (exact) mass is 301 g/mol. The van der Waals surface area contributed by atoms with Crippen molar-refractivity contribution < 1.29 is 9.53 Å². The molecule has 5 nitrogen and oxygen atoms in total. The first-order valence-corrected chi connectivity index (χ1v) is 7.49. The van der Waals surface area contributed by atoms with Gasteiger partial charge in [-0.05, 0) is 44.4 Å². The summed E-state index contributed by atoms with van der Waals surface area (Å²) < 4.78 is 7.69. The van der Waals surface area contributed by atoms with Gasteiger partial charge in [0.25, 0.3) is 5.91 Å². The predicted octanol–water partition coefficient (Wildman–Crippen LogP) is 2.52. The number of hydrogen-bond donors (Lipinski definition) is 1. The predicted molar refractivity (Wildman–Crippen MR) is 85.9 cm³/mol. The third-order valence-corrected chi connectivity index (χ3v) is 3.81. The van der Waals surface area contributed by atoms with E-state index in [2.05, 4.69) is 16.4 Å². The molecule has 0 aliphatic rings. The maximum absolute atomic E-state index is 11.9. The largest absolute Gasteiger partial charge is 0.483 e. The Kier molecular flexibility index (Phi) is 5.20. The lowest BCUT2D eigenvalue weighted by Gasteiger charge is -2.14. The molecule has 2 aromatic rings. The molecule has 0 atom stereocenters. The standard InChI is InChI=1S/C17H23N3O2/c1-5-20-9-8-18-15(20)10-19-16(21)11-22-17-13(3)7-6-12(2)14(17)4/h6-9H,5,10-11H2,1-4H3,(H,19,21). The van der Waals surface area contributed by atoms with Crippen molar-refractivity contribution in [2.75, 3.05) is 6.61 Å². The zero-order valence-electron chi connectivity index (χ0n) is 13.6. The lowest BCUT2D eigenvalue weighted by atomic mass is 10.1. The number of carbonyl (C=O) groups is 1. The van der Waals surface area contributed by atoms with Crippen molar-refractivity contribution in [1.82, 2.24) is 14.9 Å². The Hall–Kier alpha value is -2.30. The lowest BCUT2D eigenvalue weighted by Crippen LogP contribution is -2.29. The van der Waals surface area contributed by atoms with E-state index in [9.17, 15) is 4.79 Å². The van der Waals surface area contributed by atoms with Gasteiger partial charge < -0.3 is 14.6 Å². The third-order valence-electron chi connectivity index (χ3n) is 3.81. The van der Waals surface area contributed by atoms with Crippen molar-refractivity contribution in [2.45, 2.75) is 40.8 Å². The number of aryl methyl sites for hydroxylation is 3. The number of imidazole rings is 1. The van der Waals surface area contributed by atoms with Crippen molar-refractivity contribution in [3.63, 3.8) is 0 Å². The zero-order valence-corrected chi connectivity index (χ0v) is 13.6. The first kappa shape index (κ1) is 16.1. The van der Waals surface area contributed by atoms with Crippen LogP contribution in [-0.4, -0.2) is 22.1 Å². The van der Waals surface area contributed by atoms with Crippen molar-refractivity contribution in [1.29, 1.82) is 0 Å². The highest BCUT2D eigenvalue weighted by Gasteiger charge is 2.10. The van der Waals surface area contributed by atoms with Crippen LogP contribution in [-0.2, 0) is 17.9 Å². The van der Waals surface area contributed by atoms with Crippen LogP contribution in [0.3, 0.4) is 0 Å². The van der Waals surface area contributed by atoms with Crippen molar-refractivity contribution in [2.24, 2.45) is 0 Å². The van der Waals surface area contributed by atoms with Crippen LogP contribution in [0.15, 0.2) is 24.5 Å². The van der Waals surface area contributed by atoms with Crippen LogP contribution in [0.25, 0.3) is 0 Å². The van der Waals surface area contributed by atoms with Gasteiger partial charge in [0.15, 0.2) is 6.61 Å². The number of benzene rings is 1. The number of hydrogen-bond acceptors (Lipinski definition) is 3. The highest BCUT2D eigenvalue weighted by Crippen LogP contribution is 2.25.